The molecule has 2 saturated heterocycles. The van der Waals surface area contributed by atoms with Gasteiger partial charge in [0, 0.05) is 47.3 Å². The van der Waals surface area contributed by atoms with E-state index in [-0.39, 0.29) is 47.0 Å². The lowest BCUT2D eigenvalue weighted by molar-refractivity contribution is -0.0648. The standard InChI is InChI=1S/C30H54N4.2ClH/c1-27(2)17-25(31(9)10)18-28(3,4)33(27)21-23-13-15-24(16-14-23)22-34-29(5,6)19-26(32(11)12)20-30(34,7)8;;/h13-16,25-26H,17-22H2,1-12H3;2*1H. The second-order valence-corrected chi connectivity index (χ2v) is 14.3. The number of hydrogen-bond donors (Lipinski definition) is 0. The van der Waals surface area contributed by atoms with Crippen molar-refractivity contribution in [3.05, 3.63) is 35.4 Å². The van der Waals surface area contributed by atoms with Gasteiger partial charge in [-0.2, -0.15) is 0 Å². The molecule has 3 rings (SSSR count). The molecule has 2 heterocycles. The maximum Gasteiger partial charge on any atom is 0.0244 e. The molecule has 0 unspecified atom stereocenters. The Kier molecular flexibility index (Phi) is 11.0. The van der Waals surface area contributed by atoms with Gasteiger partial charge in [-0.05, 0) is 120 Å². The highest BCUT2D eigenvalue weighted by Gasteiger charge is 2.46. The van der Waals surface area contributed by atoms with Gasteiger partial charge < -0.3 is 9.80 Å². The van der Waals surface area contributed by atoms with Crippen molar-refractivity contribution in [3.8, 4) is 0 Å². The third-order valence-corrected chi connectivity index (χ3v) is 9.03. The molecule has 1 aromatic carbocycles. The predicted molar refractivity (Wildman–Crippen MR) is 162 cm³/mol. The van der Waals surface area contributed by atoms with Crippen molar-refractivity contribution in [2.75, 3.05) is 28.2 Å². The molecule has 2 aliphatic heterocycles. The molecule has 2 aliphatic rings. The number of piperidine rings is 2. The van der Waals surface area contributed by atoms with Gasteiger partial charge in [0.05, 0.1) is 0 Å². The first-order valence-electron chi connectivity index (χ1n) is 13.4. The number of likely N-dealkylation sites (tertiary alicyclic amines) is 2. The first-order valence-corrected chi connectivity index (χ1v) is 13.4. The van der Waals surface area contributed by atoms with Crippen LogP contribution in [0.2, 0.25) is 0 Å². The number of benzene rings is 1. The fourth-order valence-corrected chi connectivity index (χ4v) is 7.23. The molecule has 0 spiro atoms. The zero-order chi connectivity index (χ0) is 25.7. The molecule has 0 aromatic heterocycles. The molecule has 4 nitrogen and oxygen atoms in total. The average molecular weight is 544 g/mol. The van der Waals surface area contributed by atoms with E-state index in [9.17, 15) is 0 Å². The molecule has 36 heavy (non-hydrogen) atoms. The van der Waals surface area contributed by atoms with Crippen molar-refractivity contribution >= 4 is 24.8 Å². The van der Waals surface area contributed by atoms with Gasteiger partial charge in [-0.1, -0.05) is 24.3 Å². The number of hydrogen-bond acceptors (Lipinski definition) is 4. The molecule has 6 heteroatoms. The van der Waals surface area contributed by atoms with E-state index in [0.29, 0.717) is 12.1 Å². The van der Waals surface area contributed by atoms with Crippen LogP contribution in [0.25, 0.3) is 0 Å². The maximum atomic E-state index is 2.74. The van der Waals surface area contributed by atoms with Gasteiger partial charge in [-0.15, -0.1) is 24.8 Å². The fraction of sp³-hybridized carbons (Fsp3) is 0.800. The SMILES string of the molecule is CN(C)C1CC(C)(C)N(Cc2ccc(CN3C(C)(C)CC(N(C)C)CC3(C)C)cc2)C(C)(C)C1.Cl.Cl. The smallest absolute Gasteiger partial charge is 0.0244 e. The minimum absolute atomic E-state index is 0. The summed E-state index contributed by atoms with van der Waals surface area (Å²) in [5.74, 6) is 0. The molecule has 2 fully saturated rings. The minimum Gasteiger partial charge on any atom is -0.306 e. The molecular formula is C30H56Cl2N4. The predicted octanol–water partition coefficient (Wildman–Crippen LogP) is 6.70. The second kappa shape index (κ2) is 11.8. The Morgan fingerprint density at radius 3 is 0.972 bits per heavy atom. The van der Waals surface area contributed by atoms with Crippen LogP contribution >= 0.6 is 24.8 Å². The van der Waals surface area contributed by atoms with Crippen LogP contribution in [0.15, 0.2) is 24.3 Å². The van der Waals surface area contributed by atoms with E-state index in [0.717, 1.165) is 13.1 Å². The summed E-state index contributed by atoms with van der Waals surface area (Å²) in [6.07, 6.45) is 4.87. The Morgan fingerprint density at radius 1 is 0.556 bits per heavy atom. The van der Waals surface area contributed by atoms with Crippen LogP contribution in [0.1, 0.15) is 92.2 Å². The highest BCUT2D eigenvalue weighted by atomic mass is 35.5. The zero-order valence-corrected chi connectivity index (χ0v) is 26.9. The normalized spacial score (nSPS) is 24.4. The molecule has 0 aliphatic carbocycles. The molecule has 1 aromatic rings. The molecule has 0 N–H and O–H groups in total. The van der Waals surface area contributed by atoms with E-state index >= 15 is 0 Å². The van der Waals surface area contributed by atoms with Gasteiger partial charge in [0.1, 0.15) is 0 Å². The summed E-state index contributed by atoms with van der Waals surface area (Å²) in [5, 5.41) is 0. The summed E-state index contributed by atoms with van der Waals surface area (Å²) in [5.41, 5.74) is 3.58. The van der Waals surface area contributed by atoms with Crippen LogP contribution in [0.3, 0.4) is 0 Å². The molecule has 0 saturated carbocycles. The highest BCUT2D eigenvalue weighted by Crippen LogP contribution is 2.42. The fourth-order valence-electron chi connectivity index (χ4n) is 7.23. The quantitative estimate of drug-likeness (QED) is 0.396. The van der Waals surface area contributed by atoms with Gasteiger partial charge in [-0.3, -0.25) is 9.80 Å². The topological polar surface area (TPSA) is 13.0 Å². The van der Waals surface area contributed by atoms with Crippen LogP contribution in [-0.4, -0.2) is 82.0 Å². The van der Waals surface area contributed by atoms with Crippen LogP contribution < -0.4 is 0 Å². The molecule has 0 radical (unpaired) electrons. The third kappa shape index (κ3) is 7.39. The van der Waals surface area contributed by atoms with E-state index in [1.54, 1.807) is 0 Å². The first-order chi connectivity index (χ1) is 15.4. The van der Waals surface area contributed by atoms with Crippen molar-refractivity contribution in [1.29, 1.82) is 0 Å². The average Bonchev–Trinajstić information content (AvgIpc) is 2.67. The Balaban J connectivity index is 0.00000324. The van der Waals surface area contributed by atoms with Crippen molar-refractivity contribution in [2.45, 2.75) is 128 Å². The van der Waals surface area contributed by atoms with Crippen LogP contribution in [0.4, 0.5) is 0 Å². The van der Waals surface area contributed by atoms with Gasteiger partial charge in [0.25, 0.3) is 0 Å². The van der Waals surface area contributed by atoms with Crippen molar-refractivity contribution in [3.63, 3.8) is 0 Å². The lowest BCUT2D eigenvalue weighted by Gasteiger charge is -2.57. The number of rotatable bonds is 6. The van der Waals surface area contributed by atoms with E-state index in [4.69, 9.17) is 0 Å². The largest absolute Gasteiger partial charge is 0.306 e. The van der Waals surface area contributed by atoms with Crippen LogP contribution in [-0.2, 0) is 13.1 Å². The summed E-state index contributed by atoms with van der Waals surface area (Å²) in [7, 11) is 8.93. The number of halogens is 2. The Bertz CT molecular complexity index is 725. The highest BCUT2D eigenvalue weighted by molar-refractivity contribution is 5.85. The summed E-state index contributed by atoms with van der Waals surface area (Å²) < 4.78 is 0. The van der Waals surface area contributed by atoms with Gasteiger partial charge >= 0.3 is 0 Å². The van der Waals surface area contributed by atoms with E-state index in [1.165, 1.54) is 36.8 Å². The summed E-state index contributed by atoms with van der Waals surface area (Å²) in [6, 6.07) is 10.8. The maximum absolute atomic E-state index is 2.74. The molecular weight excluding hydrogens is 487 g/mol. The second-order valence-electron chi connectivity index (χ2n) is 14.3. The number of nitrogens with zero attached hydrogens (tertiary/aromatic N) is 4. The minimum atomic E-state index is 0. The summed E-state index contributed by atoms with van der Waals surface area (Å²) >= 11 is 0. The Morgan fingerprint density at radius 2 is 0.778 bits per heavy atom. The lowest BCUT2D eigenvalue weighted by atomic mass is 9.76. The van der Waals surface area contributed by atoms with Gasteiger partial charge in [0.2, 0.25) is 0 Å². The van der Waals surface area contributed by atoms with Gasteiger partial charge in [0.15, 0.2) is 0 Å². The van der Waals surface area contributed by atoms with Gasteiger partial charge in [-0.25, -0.2) is 0 Å². The monoisotopic (exact) mass is 542 g/mol. The molecule has 0 amide bonds. The summed E-state index contributed by atoms with van der Waals surface area (Å²) in [4.78, 5) is 10.3. The molecule has 210 valence electrons. The van der Waals surface area contributed by atoms with Crippen LogP contribution in [0.5, 0.6) is 0 Å². The molecule has 0 bridgehead atoms. The van der Waals surface area contributed by atoms with E-state index in [1.807, 2.05) is 0 Å². The lowest BCUT2D eigenvalue weighted by Crippen LogP contribution is -2.63. The van der Waals surface area contributed by atoms with Crippen molar-refractivity contribution in [2.24, 2.45) is 0 Å². The van der Waals surface area contributed by atoms with Crippen molar-refractivity contribution < 1.29 is 0 Å². The zero-order valence-electron chi connectivity index (χ0n) is 25.3. The Hall–Kier alpha value is -0.360. The van der Waals surface area contributed by atoms with E-state index < -0.39 is 0 Å². The Labute approximate surface area is 236 Å². The first kappa shape index (κ1) is 33.7. The van der Waals surface area contributed by atoms with Crippen molar-refractivity contribution in [1.82, 2.24) is 19.6 Å². The van der Waals surface area contributed by atoms with Crippen LogP contribution in [0, 0.1) is 0 Å². The summed E-state index contributed by atoms with van der Waals surface area (Å²) in [6.45, 7) is 21.5. The molecule has 0 atom stereocenters. The third-order valence-electron chi connectivity index (χ3n) is 9.03. The van der Waals surface area contributed by atoms with E-state index in [2.05, 4.69) is 127 Å².